The molecule has 0 fully saturated rings. The van der Waals surface area contributed by atoms with Gasteiger partial charge in [-0.15, -0.1) is 11.3 Å². The second-order valence-electron chi connectivity index (χ2n) is 5.64. The van der Waals surface area contributed by atoms with Crippen molar-refractivity contribution in [3.05, 3.63) is 51.5 Å². The summed E-state index contributed by atoms with van der Waals surface area (Å²) in [6.07, 6.45) is 6.24. The minimum absolute atomic E-state index is 0.417. The molecule has 0 aliphatic heterocycles. The number of nitrogens with one attached hydrogen (secondary N) is 1. The quantitative estimate of drug-likeness (QED) is 0.901. The highest BCUT2D eigenvalue weighted by Gasteiger charge is 2.12. The predicted octanol–water partition coefficient (Wildman–Crippen LogP) is 3.92. The third-order valence-corrected chi connectivity index (χ3v) is 4.82. The van der Waals surface area contributed by atoms with Crippen molar-refractivity contribution < 1.29 is 0 Å². The number of aromatic nitrogens is 1. The van der Waals surface area contributed by atoms with Crippen LogP contribution in [0.3, 0.4) is 0 Å². The van der Waals surface area contributed by atoms with Crippen molar-refractivity contribution in [3.8, 4) is 0 Å². The summed E-state index contributed by atoms with van der Waals surface area (Å²) in [5.41, 5.74) is 7.66. The molecule has 1 aliphatic rings. The van der Waals surface area contributed by atoms with Crippen LogP contribution in [0.4, 0.5) is 0 Å². The number of benzene rings is 1. The summed E-state index contributed by atoms with van der Waals surface area (Å²) in [4.78, 5) is 4.32. The molecule has 0 radical (unpaired) electrons. The molecule has 2 aromatic rings. The van der Waals surface area contributed by atoms with E-state index in [0.717, 1.165) is 13.0 Å². The van der Waals surface area contributed by atoms with E-state index < -0.39 is 0 Å². The lowest BCUT2D eigenvalue weighted by atomic mass is 9.89. The van der Waals surface area contributed by atoms with Gasteiger partial charge < -0.3 is 5.32 Å². The summed E-state index contributed by atoms with van der Waals surface area (Å²) < 4.78 is 0. The molecular weight excluding hydrogens is 264 g/mol. The Morgan fingerprint density at radius 2 is 2.10 bits per heavy atom. The molecule has 1 N–H and O–H groups in total. The first-order valence-corrected chi connectivity index (χ1v) is 8.49. The van der Waals surface area contributed by atoms with Crippen LogP contribution in [0.15, 0.2) is 29.1 Å². The Hall–Kier alpha value is -1.19. The van der Waals surface area contributed by atoms with Crippen molar-refractivity contribution in [1.29, 1.82) is 0 Å². The van der Waals surface area contributed by atoms with Crippen molar-refractivity contribution in [2.45, 2.75) is 45.1 Å². The highest BCUT2D eigenvalue weighted by molar-refractivity contribution is 7.07. The van der Waals surface area contributed by atoms with Crippen LogP contribution >= 0.6 is 11.3 Å². The van der Waals surface area contributed by atoms with E-state index in [0.29, 0.717) is 6.04 Å². The number of hydrogen-bond donors (Lipinski definition) is 1. The van der Waals surface area contributed by atoms with E-state index in [9.17, 15) is 0 Å². The van der Waals surface area contributed by atoms with Crippen LogP contribution in [0.1, 0.15) is 48.2 Å². The van der Waals surface area contributed by atoms with Crippen LogP contribution in [0.25, 0.3) is 0 Å². The standard InChI is InChI=1S/C17H22N2S/c1-13(18-9-8-17-11-20-12-19-17)15-7-6-14-4-2-3-5-16(14)10-15/h6-7,10-13,18H,2-5,8-9H2,1H3. The molecule has 0 saturated heterocycles. The Bertz CT molecular complexity index is 548. The second kappa shape index (κ2) is 6.51. The van der Waals surface area contributed by atoms with Gasteiger partial charge in [0.05, 0.1) is 11.2 Å². The average molecular weight is 286 g/mol. The van der Waals surface area contributed by atoms with Gasteiger partial charge in [-0.05, 0) is 49.3 Å². The van der Waals surface area contributed by atoms with Crippen LogP contribution < -0.4 is 5.32 Å². The molecule has 0 spiro atoms. The van der Waals surface area contributed by atoms with E-state index in [1.165, 1.54) is 36.9 Å². The lowest BCUT2D eigenvalue weighted by Crippen LogP contribution is -2.21. The maximum atomic E-state index is 4.32. The van der Waals surface area contributed by atoms with Crippen molar-refractivity contribution in [2.24, 2.45) is 0 Å². The van der Waals surface area contributed by atoms with Crippen LogP contribution in [-0.4, -0.2) is 11.5 Å². The largest absolute Gasteiger partial charge is 0.310 e. The monoisotopic (exact) mass is 286 g/mol. The van der Waals surface area contributed by atoms with Gasteiger partial charge in [0.25, 0.3) is 0 Å². The van der Waals surface area contributed by atoms with Crippen molar-refractivity contribution in [3.63, 3.8) is 0 Å². The lowest BCUT2D eigenvalue weighted by Gasteiger charge is -2.20. The Kier molecular flexibility index (Phi) is 4.48. The molecule has 1 unspecified atom stereocenters. The normalized spacial score (nSPS) is 15.8. The molecular formula is C17H22N2S. The highest BCUT2D eigenvalue weighted by Crippen LogP contribution is 2.24. The highest BCUT2D eigenvalue weighted by atomic mass is 32.1. The molecule has 0 bridgehead atoms. The second-order valence-corrected chi connectivity index (χ2v) is 6.36. The van der Waals surface area contributed by atoms with E-state index in [1.807, 2.05) is 5.51 Å². The summed E-state index contributed by atoms with van der Waals surface area (Å²) in [5, 5.41) is 5.74. The van der Waals surface area contributed by atoms with E-state index in [-0.39, 0.29) is 0 Å². The van der Waals surface area contributed by atoms with Gasteiger partial charge in [-0.1, -0.05) is 18.2 Å². The Morgan fingerprint density at radius 3 is 2.90 bits per heavy atom. The first kappa shape index (κ1) is 13.8. The van der Waals surface area contributed by atoms with Gasteiger partial charge in [-0.3, -0.25) is 0 Å². The van der Waals surface area contributed by atoms with Crippen LogP contribution in [0.2, 0.25) is 0 Å². The first-order chi connectivity index (χ1) is 9.83. The summed E-state index contributed by atoms with van der Waals surface area (Å²) in [7, 11) is 0. The van der Waals surface area contributed by atoms with Crippen LogP contribution in [0, 0.1) is 0 Å². The fourth-order valence-corrected chi connectivity index (χ4v) is 3.51. The SMILES string of the molecule is CC(NCCc1cscn1)c1ccc2c(c1)CCCC2. The average Bonchev–Trinajstić information content (AvgIpc) is 3.00. The number of fused-ring (bicyclic) bond motifs is 1. The minimum atomic E-state index is 0.417. The maximum absolute atomic E-state index is 4.32. The molecule has 1 atom stereocenters. The summed E-state index contributed by atoms with van der Waals surface area (Å²) in [6, 6.07) is 7.46. The third kappa shape index (κ3) is 3.28. The number of rotatable bonds is 5. The van der Waals surface area contributed by atoms with E-state index in [4.69, 9.17) is 0 Å². The van der Waals surface area contributed by atoms with Gasteiger partial charge in [0.1, 0.15) is 0 Å². The number of aryl methyl sites for hydroxylation is 2. The Balaban J connectivity index is 1.57. The van der Waals surface area contributed by atoms with E-state index >= 15 is 0 Å². The predicted molar refractivity (Wildman–Crippen MR) is 85.3 cm³/mol. The topological polar surface area (TPSA) is 24.9 Å². The Morgan fingerprint density at radius 1 is 1.25 bits per heavy atom. The molecule has 2 nitrogen and oxygen atoms in total. The summed E-state index contributed by atoms with van der Waals surface area (Å²) in [5.74, 6) is 0. The zero-order chi connectivity index (χ0) is 13.8. The molecule has 0 saturated carbocycles. The third-order valence-electron chi connectivity index (χ3n) is 4.19. The maximum Gasteiger partial charge on any atom is 0.0794 e. The van der Waals surface area contributed by atoms with Gasteiger partial charge in [-0.25, -0.2) is 4.98 Å². The number of hydrogen-bond acceptors (Lipinski definition) is 3. The smallest absolute Gasteiger partial charge is 0.0794 e. The number of nitrogens with zero attached hydrogens (tertiary/aromatic N) is 1. The molecule has 1 aliphatic carbocycles. The van der Waals surface area contributed by atoms with Crippen molar-refractivity contribution >= 4 is 11.3 Å². The van der Waals surface area contributed by atoms with Gasteiger partial charge in [0, 0.05) is 24.4 Å². The van der Waals surface area contributed by atoms with Crippen LogP contribution in [0.5, 0.6) is 0 Å². The molecule has 1 aromatic heterocycles. The molecule has 1 aromatic carbocycles. The molecule has 20 heavy (non-hydrogen) atoms. The summed E-state index contributed by atoms with van der Waals surface area (Å²) in [6.45, 7) is 3.24. The molecule has 3 heteroatoms. The minimum Gasteiger partial charge on any atom is -0.310 e. The molecule has 106 valence electrons. The first-order valence-electron chi connectivity index (χ1n) is 7.55. The van der Waals surface area contributed by atoms with Crippen molar-refractivity contribution in [2.75, 3.05) is 6.54 Å². The molecule has 1 heterocycles. The van der Waals surface area contributed by atoms with E-state index in [2.05, 4.69) is 40.8 Å². The van der Waals surface area contributed by atoms with Gasteiger partial charge in [0.2, 0.25) is 0 Å². The van der Waals surface area contributed by atoms with E-state index in [1.54, 1.807) is 22.5 Å². The van der Waals surface area contributed by atoms with Gasteiger partial charge in [-0.2, -0.15) is 0 Å². The van der Waals surface area contributed by atoms with Crippen LogP contribution in [-0.2, 0) is 19.3 Å². The molecule has 0 amide bonds. The summed E-state index contributed by atoms with van der Waals surface area (Å²) >= 11 is 1.67. The fraction of sp³-hybridized carbons (Fsp3) is 0.471. The lowest BCUT2D eigenvalue weighted by molar-refractivity contribution is 0.572. The van der Waals surface area contributed by atoms with Gasteiger partial charge in [0.15, 0.2) is 0 Å². The molecule has 3 rings (SSSR count). The number of thiazole rings is 1. The van der Waals surface area contributed by atoms with Gasteiger partial charge >= 0.3 is 0 Å². The fourth-order valence-electron chi connectivity index (χ4n) is 2.92. The zero-order valence-electron chi connectivity index (χ0n) is 12.1. The van der Waals surface area contributed by atoms with Crippen molar-refractivity contribution in [1.82, 2.24) is 10.3 Å². The Labute approximate surface area is 125 Å². The zero-order valence-corrected chi connectivity index (χ0v) is 12.9.